The predicted molar refractivity (Wildman–Crippen MR) is 112 cm³/mol. The zero-order valence-corrected chi connectivity index (χ0v) is 17.3. The third-order valence-corrected chi connectivity index (χ3v) is 5.84. The van der Waals surface area contributed by atoms with Gasteiger partial charge in [-0.25, -0.2) is 0 Å². The predicted octanol–water partition coefficient (Wildman–Crippen LogP) is 3.56. The molecule has 0 N–H and O–H groups in total. The second kappa shape index (κ2) is 9.96. The number of carbonyl (C=O) groups excluding carboxylic acids is 2. The summed E-state index contributed by atoms with van der Waals surface area (Å²) in [5.41, 5.74) is 1.71. The van der Waals surface area contributed by atoms with Crippen LogP contribution in [0.25, 0.3) is 0 Å². The zero-order valence-electron chi connectivity index (χ0n) is 15.8. The van der Waals surface area contributed by atoms with Gasteiger partial charge in [0.05, 0.1) is 19.8 Å². The van der Waals surface area contributed by atoms with E-state index in [0.717, 1.165) is 21.2 Å². The second-order valence-corrected chi connectivity index (χ2v) is 8.08. The van der Waals surface area contributed by atoms with Crippen molar-refractivity contribution in [3.8, 4) is 0 Å². The van der Waals surface area contributed by atoms with E-state index in [9.17, 15) is 9.59 Å². The van der Waals surface area contributed by atoms with Gasteiger partial charge in [-0.15, -0.1) is 11.8 Å². The Balaban J connectivity index is 1.52. The molecule has 1 aliphatic rings. The Morgan fingerprint density at radius 1 is 1.07 bits per heavy atom. The number of ether oxygens (including phenoxy) is 1. The third kappa shape index (κ3) is 5.74. The lowest BCUT2D eigenvalue weighted by atomic mass is 10.1. The highest BCUT2D eigenvalue weighted by Crippen LogP contribution is 2.24. The molecule has 1 aliphatic heterocycles. The fourth-order valence-corrected chi connectivity index (χ4v) is 3.83. The van der Waals surface area contributed by atoms with E-state index < -0.39 is 0 Å². The van der Waals surface area contributed by atoms with E-state index in [-0.39, 0.29) is 18.4 Å². The van der Waals surface area contributed by atoms with Gasteiger partial charge in [-0.1, -0.05) is 23.7 Å². The van der Waals surface area contributed by atoms with E-state index in [1.807, 2.05) is 48.5 Å². The van der Waals surface area contributed by atoms with Crippen LogP contribution >= 0.6 is 23.4 Å². The highest BCUT2D eigenvalue weighted by atomic mass is 35.5. The Morgan fingerprint density at radius 2 is 1.71 bits per heavy atom. The van der Waals surface area contributed by atoms with E-state index in [1.165, 1.54) is 4.90 Å². The van der Waals surface area contributed by atoms with Crippen molar-refractivity contribution < 1.29 is 14.3 Å². The van der Waals surface area contributed by atoms with Crippen LogP contribution in [0.15, 0.2) is 53.4 Å². The molecule has 148 valence electrons. The van der Waals surface area contributed by atoms with Gasteiger partial charge < -0.3 is 14.5 Å². The van der Waals surface area contributed by atoms with Crippen LogP contribution in [0.1, 0.15) is 15.9 Å². The largest absolute Gasteiger partial charge is 0.378 e. The molecule has 0 radical (unpaired) electrons. The van der Waals surface area contributed by atoms with Gasteiger partial charge in [0, 0.05) is 41.4 Å². The summed E-state index contributed by atoms with van der Waals surface area (Å²) in [6, 6.07) is 15.3. The number of amides is 2. The molecule has 0 bridgehead atoms. The van der Waals surface area contributed by atoms with E-state index in [0.29, 0.717) is 31.9 Å². The first kappa shape index (κ1) is 20.7. The van der Waals surface area contributed by atoms with Crippen molar-refractivity contribution in [3.05, 3.63) is 64.7 Å². The molecule has 0 aromatic heterocycles. The molecule has 3 rings (SSSR count). The Kier molecular flexibility index (Phi) is 7.36. The van der Waals surface area contributed by atoms with E-state index in [1.54, 1.807) is 23.7 Å². The van der Waals surface area contributed by atoms with Crippen molar-refractivity contribution >= 4 is 35.2 Å². The Morgan fingerprint density at radius 3 is 2.36 bits per heavy atom. The minimum Gasteiger partial charge on any atom is -0.378 e. The maximum Gasteiger partial charge on any atom is 0.254 e. The maximum absolute atomic E-state index is 12.6. The van der Waals surface area contributed by atoms with E-state index in [2.05, 4.69) is 0 Å². The van der Waals surface area contributed by atoms with Gasteiger partial charge in [0.2, 0.25) is 5.91 Å². The number of carbonyl (C=O) groups is 2. The van der Waals surface area contributed by atoms with Gasteiger partial charge in [0.25, 0.3) is 5.91 Å². The lowest BCUT2D eigenvalue weighted by molar-refractivity contribution is -0.135. The molecule has 0 aliphatic carbocycles. The van der Waals surface area contributed by atoms with Gasteiger partial charge in [0.15, 0.2) is 0 Å². The summed E-state index contributed by atoms with van der Waals surface area (Å²) in [6.45, 7) is 2.35. The summed E-state index contributed by atoms with van der Waals surface area (Å²) in [7, 11) is 1.66. The third-order valence-electron chi connectivity index (χ3n) is 4.50. The van der Waals surface area contributed by atoms with Crippen LogP contribution in [0.3, 0.4) is 0 Å². The minimum atomic E-state index is -0.154. The number of thioether (sulfide) groups is 1. The average molecular weight is 419 g/mol. The summed E-state index contributed by atoms with van der Waals surface area (Å²) >= 11 is 7.62. The van der Waals surface area contributed by atoms with Crippen LogP contribution in [-0.4, -0.2) is 61.5 Å². The molecule has 7 heteroatoms. The zero-order chi connectivity index (χ0) is 19.9. The Bertz CT molecular complexity index is 805. The lowest BCUT2D eigenvalue weighted by Gasteiger charge is -2.28. The van der Waals surface area contributed by atoms with Crippen molar-refractivity contribution in [1.82, 2.24) is 9.80 Å². The normalized spacial score (nSPS) is 14.0. The number of hydrogen-bond donors (Lipinski definition) is 0. The quantitative estimate of drug-likeness (QED) is 0.673. The first-order valence-corrected chi connectivity index (χ1v) is 10.5. The lowest BCUT2D eigenvalue weighted by Crippen LogP contribution is -2.46. The van der Waals surface area contributed by atoms with Gasteiger partial charge in [0.1, 0.15) is 0 Å². The molecule has 5 nitrogen and oxygen atoms in total. The van der Waals surface area contributed by atoms with Crippen molar-refractivity contribution in [3.63, 3.8) is 0 Å². The van der Waals surface area contributed by atoms with Crippen molar-refractivity contribution in [2.75, 3.05) is 39.9 Å². The number of nitrogens with zero attached hydrogens (tertiary/aromatic N) is 2. The summed E-state index contributed by atoms with van der Waals surface area (Å²) < 4.78 is 5.25. The molecule has 0 atom stereocenters. The molecule has 2 amide bonds. The van der Waals surface area contributed by atoms with Crippen LogP contribution in [-0.2, 0) is 15.3 Å². The Labute approximate surface area is 174 Å². The molecule has 2 aromatic rings. The molecule has 0 unspecified atom stereocenters. The fourth-order valence-electron chi connectivity index (χ4n) is 2.85. The molecular weight excluding hydrogens is 396 g/mol. The standard InChI is InChI=1S/C21H23ClN2O3S/c1-23(14-20(25)24-10-12-27-13-11-24)21(26)17-4-2-16(3-5-17)15-28-19-8-6-18(22)7-9-19/h2-9H,10-15H2,1H3. The second-order valence-electron chi connectivity index (χ2n) is 6.59. The van der Waals surface area contributed by atoms with Gasteiger partial charge >= 0.3 is 0 Å². The minimum absolute atomic E-state index is 0.0462. The molecule has 1 fully saturated rings. The average Bonchev–Trinajstić information content (AvgIpc) is 2.73. The number of benzene rings is 2. The molecule has 2 aromatic carbocycles. The molecule has 1 heterocycles. The molecular formula is C21H23ClN2O3S. The number of rotatable bonds is 6. The van der Waals surface area contributed by atoms with Gasteiger partial charge in [-0.2, -0.15) is 0 Å². The summed E-state index contributed by atoms with van der Waals surface area (Å²) in [5.74, 6) is 0.607. The van der Waals surface area contributed by atoms with Crippen LogP contribution in [0.2, 0.25) is 5.02 Å². The number of halogens is 1. The summed E-state index contributed by atoms with van der Waals surface area (Å²) in [6.07, 6.45) is 0. The fraction of sp³-hybridized carbons (Fsp3) is 0.333. The van der Waals surface area contributed by atoms with Gasteiger partial charge in [-0.3, -0.25) is 9.59 Å². The number of likely N-dealkylation sites (N-methyl/N-ethyl adjacent to an activating group) is 1. The smallest absolute Gasteiger partial charge is 0.254 e. The van der Waals surface area contributed by atoms with Crippen LogP contribution in [0, 0.1) is 0 Å². The molecule has 0 saturated carbocycles. The number of morpholine rings is 1. The molecule has 28 heavy (non-hydrogen) atoms. The van der Waals surface area contributed by atoms with E-state index in [4.69, 9.17) is 16.3 Å². The molecule has 0 spiro atoms. The van der Waals surface area contributed by atoms with Crippen molar-refractivity contribution in [2.24, 2.45) is 0 Å². The van der Waals surface area contributed by atoms with E-state index >= 15 is 0 Å². The highest BCUT2D eigenvalue weighted by molar-refractivity contribution is 7.98. The SMILES string of the molecule is CN(CC(=O)N1CCOCC1)C(=O)c1ccc(CSc2ccc(Cl)cc2)cc1. The number of hydrogen-bond acceptors (Lipinski definition) is 4. The summed E-state index contributed by atoms with van der Waals surface area (Å²) in [4.78, 5) is 29.3. The summed E-state index contributed by atoms with van der Waals surface area (Å²) in [5, 5.41) is 0.725. The first-order valence-electron chi connectivity index (χ1n) is 9.11. The van der Waals surface area contributed by atoms with Crippen molar-refractivity contribution in [2.45, 2.75) is 10.6 Å². The van der Waals surface area contributed by atoms with Gasteiger partial charge in [-0.05, 0) is 42.0 Å². The first-order chi connectivity index (χ1) is 13.5. The Hall–Kier alpha value is -2.02. The highest BCUT2D eigenvalue weighted by Gasteiger charge is 2.21. The monoisotopic (exact) mass is 418 g/mol. The van der Waals surface area contributed by atoms with Crippen LogP contribution < -0.4 is 0 Å². The van der Waals surface area contributed by atoms with Crippen molar-refractivity contribution in [1.29, 1.82) is 0 Å². The van der Waals surface area contributed by atoms with Crippen LogP contribution in [0.4, 0.5) is 0 Å². The maximum atomic E-state index is 12.6. The molecule has 1 saturated heterocycles. The topological polar surface area (TPSA) is 49.9 Å². The van der Waals surface area contributed by atoms with Crippen LogP contribution in [0.5, 0.6) is 0 Å².